The van der Waals surface area contributed by atoms with Crippen LogP contribution in [0, 0.1) is 32.6 Å². The number of pyridine rings is 1. The molecule has 0 unspecified atom stereocenters. The average molecular weight is 895 g/mol. The summed E-state index contributed by atoms with van der Waals surface area (Å²) in [5.74, 6) is 0.887. The van der Waals surface area contributed by atoms with E-state index in [0.717, 1.165) is 55.9 Å². The topological polar surface area (TPSA) is 24.3 Å². The normalized spacial score (nSPS) is 13.0. The van der Waals surface area contributed by atoms with Gasteiger partial charge >= 0.3 is 0 Å². The van der Waals surface area contributed by atoms with E-state index in [1.807, 2.05) is 6.20 Å². The van der Waals surface area contributed by atoms with E-state index in [0.29, 0.717) is 0 Å². The molecule has 6 aromatic carbocycles. The maximum atomic E-state index is 4.98. The zero-order valence-corrected chi connectivity index (χ0v) is 34.3. The van der Waals surface area contributed by atoms with Crippen molar-refractivity contribution < 1.29 is 21.1 Å². The molecule has 1 aliphatic rings. The maximum absolute atomic E-state index is 4.98. The molecule has 2 aromatic heterocycles. The monoisotopic (exact) mass is 894 g/mol. The number of nitrogens with zero attached hydrogens (tertiary/aromatic N) is 4. The molecule has 0 saturated carbocycles. The first-order valence-corrected chi connectivity index (χ1v) is 18.7. The van der Waals surface area contributed by atoms with E-state index in [-0.39, 0.29) is 26.5 Å². The number of hydrogen-bond donors (Lipinski definition) is 0. The summed E-state index contributed by atoms with van der Waals surface area (Å²) in [6.45, 7) is 13.3. The van der Waals surface area contributed by atoms with Gasteiger partial charge in [0.25, 0.3) is 0 Å². The Bertz CT molecular complexity index is 2630. The third-order valence-electron chi connectivity index (χ3n) is 11.2. The van der Waals surface area contributed by atoms with E-state index < -0.39 is 5.41 Å². The molecule has 0 radical (unpaired) electrons. The minimum Gasteiger partial charge on any atom is -0.504 e. The predicted molar refractivity (Wildman–Crippen MR) is 224 cm³/mol. The van der Waals surface area contributed by atoms with Gasteiger partial charge in [-0.05, 0) is 89.8 Å². The van der Waals surface area contributed by atoms with Gasteiger partial charge in [-0.1, -0.05) is 105 Å². The average Bonchev–Trinajstić information content (AvgIpc) is 3.69. The molecule has 0 fully saturated rings. The van der Waals surface area contributed by atoms with Crippen LogP contribution in [0.1, 0.15) is 59.7 Å². The van der Waals surface area contributed by atoms with E-state index in [9.17, 15) is 0 Å². The number of fused-ring (bicyclic) bond motifs is 4. The Kier molecular flexibility index (Phi) is 9.30. The van der Waals surface area contributed by atoms with E-state index in [1.165, 1.54) is 27.8 Å². The molecule has 4 nitrogen and oxygen atoms in total. The van der Waals surface area contributed by atoms with Crippen LogP contribution in [0.4, 0.5) is 17.1 Å². The fraction of sp³-hybridized carbons (Fsp3) is 0.160. The maximum Gasteiger partial charge on any atom is 0.135 e. The molecule has 276 valence electrons. The van der Waals surface area contributed by atoms with Crippen LogP contribution in [0.25, 0.3) is 27.6 Å². The molecule has 0 atom stereocenters. The smallest absolute Gasteiger partial charge is 0.135 e. The summed E-state index contributed by atoms with van der Waals surface area (Å²) in [7, 11) is 2.12. The standard InChI is InChI=1S/C50H43N4.Pt/c1-34-28-46-47(29-35(34)2)53(33-52(46)6)41-21-15-20-39(30-41)50(36-16-9-7-10-17-36,37-18-11-8-12-19-37)40-24-25-43-42-22-13-14-23-44(42)54(45(43)31-40)48-32-38(26-27-51-48)49(3,4)5;/h7-29,32-33H,1-6H3;/q-3;. The van der Waals surface area contributed by atoms with Crippen LogP contribution < -0.4 is 9.80 Å². The van der Waals surface area contributed by atoms with Gasteiger partial charge in [-0.3, -0.25) is 0 Å². The summed E-state index contributed by atoms with van der Waals surface area (Å²) in [6, 6.07) is 58.4. The zero-order chi connectivity index (χ0) is 37.2. The van der Waals surface area contributed by atoms with Crippen molar-refractivity contribution in [3.63, 3.8) is 0 Å². The molecule has 0 amide bonds. The van der Waals surface area contributed by atoms with Gasteiger partial charge in [0, 0.05) is 49.6 Å². The molecule has 0 N–H and O–H groups in total. The van der Waals surface area contributed by atoms with E-state index >= 15 is 0 Å². The minimum atomic E-state index is -0.758. The van der Waals surface area contributed by atoms with E-state index in [1.54, 1.807) is 0 Å². The summed E-state index contributed by atoms with van der Waals surface area (Å²) >= 11 is 0. The van der Waals surface area contributed by atoms with Crippen molar-refractivity contribution in [2.24, 2.45) is 0 Å². The van der Waals surface area contributed by atoms with Crippen molar-refractivity contribution in [3.8, 4) is 5.82 Å². The molecule has 9 rings (SSSR count). The van der Waals surface area contributed by atoms with Crippen molar-refractivity contribution in [2.45, 2.75) is 45.4 Å². The largest absolute Gasteiger partial charge is 0.504 e. The fourth-order valence-electron chi connectivity index (χ4n) is 8.23. The second kappa shape index (κ2) is 14.0. The van der Waals surface area contributed by atoms with Gasteiger partial charge in [-0.15, -0.1) is 22.2 Å². The Morgan fingerprint density at radius 3 is 1.93 bits per heavy atom. The first-order valence-electron chi connectivity index (χ1n) is 18.7. The number of anilines is 3. The Morgan fingerprint density at radius 1 is 0.600 bits per heavy atom. The molecular formula is C50H43N4Pt-3. The third-order valence-corrected chi connectivity index (χ3v) is 11.2. The predicted octanol–water partition coefficient (Wildman–Crippen LogP) is 11.8. The number of rotatable bonds is 6. The van der Waals surface area contributed by atoms with Gasteiger partial charge in [0.1, 0.15) is 5.82 Å². The number of aryl methyl sites for hydroxylation is 2. The minimum absolute atomic E-state index is 0. The van der Waals surface area contributed by atoms with Crippen LogP contribution in [0.5, 0.6) is 0 Å². The molecule has 0 saturated heterocycles. The number of hydrogen-bond acceptors (Lipinski definition) is 3. The van der Waals surface area contributed by atoms with Crippen molar-refractivity contribution in [3.05, 3.63) is 203 Å². The quantitative estimate of drug-likeness (QED) is 0.123. The Labute approximate surface area is 339 Å². The van der Waals surface area contributed by atoms with Crippen molar-refractivity contribution in [1.82, 2.24) is 9.55 Å². The zero-order valence-electron chi connectivity index (χ0n) is 32.0. The van der Waals surface area contributed by atoms with Crippen LogP contribution in [0.2, 0.25) is 0 Å². The molecule has 55 heavy (non-hydrogen) atoms. The van der Waals surface area contributed by atoms with Gasteiger partial charge in [-0.2, -0.15) is 49.1 Å². The van der Waals surface area contributed by atoms with Gasteiger partial charge < -0.3 is 14.4 Å². The first kappa shape index (κ1) is 36.5. The molecule has 0 spiro atoms. The number of benzene rings is 6. The molecule has 3 heterocycles. The van der Waals surface area contributed by atoms with Crippen molar-refractivity contribution >= 4 is 38.9 Å². The summed E-state index contributed by atoms with van der Waals surface area (Å²) in [4.78, 5) is 9.45. The second-order valence-corrected chi connectivity index (χ2v) is 15.6. The summed E-state index contributed by atoms with van der Waals surface area (Å²) in [6.07, 6.45) is 1.94. The number of para-hydroxylation sites is 1. The van der Waals surface area contributed by atoms with E-state index in [4.69, 9.17) is 4.98 Å². The van der Waals surface area contributed by atoms with Crippen LogP contribution in [-0.2, 0) is 31.9 Å². The van der Waals surface area contributed by atoms with Crippen molar-refractivity contribution in [2.75, 3.05) is 16.8 Å². The molecule has 0 bridgehead atoms. The molecular weight excluding hydrogens is 852 g/mol. The van der Waals surface area contributed by atoms with Crippen LogP contribution in [0.3, 0.4) is 0 Å². The van der Waals surface area contributed by atoms with Crippen LogP contribution >= 0.6 is 0 Å². The van der Waals surface area contributed by atoms with Gasteiger partial charge in [0.15, 0.2) is 0 Å². The number of aromatic nitrogens is 2. The Morgan fingerprint density at radius 2 is 1.24 bits per heavy atom. The fourth-order valence-corrected chi connectivity index (χ4v) is 8.23. The van der Waals surface area contributed by atoms with Gasteiger partial charge in [0.2, 0.25) is 0 Å². The molecule has 1 aliphatic heterocycles. The molecule has 8 aromatic rings. The van der Waals surface area contributed by atoms with Gasteiger partial charge in [0.05, 0.1) is 0 Å². The molecule has 5 heteroatoms. The third kappa shape index (κ3) is 5.99. The van der Waals surface area contributed by atoms with Crippen LogP contribution in [-0.4, -0.2) is 16.6 Å². The Hall–Kier alpha value is -5.44. The summed E-state index contributed by atoms with van der Waals surface area (Å²) < 4.78 is 2.29. The SMILES string of the molecule is Cc1cc2c(cc1C)N(c1[c-]c(C(c3[c-]c4c(cc3)c3ccccc3n4-c3cc(C(C)(C)C)ccn3)(c3ccccc3)c3ccccc3)ccc1)[CH-]N2C.[Pt]. The summed E-state index contributed by atoms with van der Waals surface area (Å²) in [5.41, 5.74) is 12.8. The first-order chi connectivity index (χ1) is 26.1. The van der Waals surface area contributed by atoms with Crippen LogP contribution in [0.15, 0.2) is 146 Å². The second-order valence-electron chi connectivity index (χ2n) is 15.6. The van der Waals surface area contributed by atoms with Crippen molar-refractivity contribution in [1.29, 1.82) is 0 Å². The summed E-state index contributed by atoms with van der Waals surface area (Å²) in [5, 5.41) is 2.32. The molecule has 0 aliphatic carbocycles. The van der Waals surface area contributed by atoms with E-state index in [2.05, 4.69) is 214 Å². The van der Waals surface area contributed by atoms with Gasteiger partial charge in [-0.25, -0.2) is 4.98 Å². The Balaban J connectivity index is 0.00000427.